The van der Waals surface area contributed by atoms with E-state index in [1.165, 1.54) is 0 Å². The van der Waals surface area contributed by atoms with Gasteiger partial charge in [-0.1, -0.05) is 0 Å². The third-order valence-electron chi connectivity index (χ3n) is 0. The average molecular weight is 358 g/mol. The van der Waals surface area contributed by atoms with Crippen LogP contribution >= 0.6 is 0 Å². The third-order valence-corrected chi connectivity index (χ3v) is 0. The zero-order valence-corrected chi connectivity index (χ0v) is 14.5. The zero-order valence-electron chi connectivity index (χ0n) is 12.6. The van der Waals surface area contributed by atoms with Crippen molar-refractivity contribution in [2.24, 2.45) is 0 Å². The topological polar surface area (TPSA) is 149 Å². The van der Waals surface area contributed by atoms with Gasteiger partial charge in [-0.3, -0.25) is 19.2 Å². The van der Waals surface area contributed by atoms with Gasteiger partial charge in [0.15, 0.2) is 0 Å². The first kappa shape index (κ1) is 36.0. The number of hydrogen-bond donors (Lipinski definition) is 4. The van der Waals surface area contributed by atoms with Crippen molar-refractivity contribution in [3.63, 3.8) is 0 Å². The van der Waals surface area contributed by atoms with Crippen molar-refractivity contribution in [3.05, 3.63) is 0 Å². The van der Waals surface area contributed by atoms with E-state index >= 15 is 0 Å². The molecule has 0 unspecified atom stereocenters. The van der Waals surface area contributed by atoms with E-state index in [2.05, 4.69) is 0 Å². The van der Waals surface area contributed by atoms with Gasteiger partial charge < -0.3 is 23.3 Å². The molecule has 0 heterocycles. The Morgan fingerprint density at radius 3 is 0.611 bits per heavy atom. The van der Waals surface area contributed by atoms with Crippen molar-refractivity contribution in [2.75, 3.05) is 0 Å². The van der Waals surface area contributed by atoms with Crippen LogP contribution < -0.4 is 0 Å². The van der Waals surface area contributed by atoms with Crippen molar-refractivity contribution in [3.8, 4) is 0 Å². The number of carboxylic acids is 4. The minimum atomic E-state index is -0.833. The van der Waals surface area contributed by atoms with Gasteiger partial charge in [-0.2, -0.15) is 0 Å². The molecule has 0 amide bonds. The molecule has 104 valence electrons. The van der Waals surface area contributed by atoms with Gasteiger partial charge in [0.2, 0.25) is 0 Å². The monoisotopic (exact) mass is 356 g/mol. The maximum absolute atomic E-state index is 9.00. The molecule has 8 nitrogen and oxygen atoms in total. The molecule has 0 aromatic carbocycles. The fourth-order valence-electron chi connectivity index (χ4n) is 0. The fraction of sp³-hybridized carbons (Fsp3) is 0.500. The van der Waals surface area contributed by atoms with Crippen LogP contribution in [-0.4, -0.2) is 67.4 Å². The first-order chi connectivity index (χ1) is 6.93. The summed E-state index contributed by atoms with van der Waals surface area (Å²) in [5.41, 5.74) is 0. The standard InChI is InChI=1S/4C2H4O2.Mg.Zr.2H/c4*1-2(3)4;;;;/h4*1H3,(H,3,4);;;;/q;;;;+2;;2*-1. The van der Waals surface area contributed by atoms with Crippen molar-refractivity contribution in [2.45, 2.75) is 27.7 Å². The van der Waals surface area contributed by atoms with Crippen LogP contribution in [0.4, 0.5) is 0 Å². The molecular weight excluding hydrogens is 340 g/mol. The second-order valence-corrected chi connectivity index (χ2v) is 2.08. The zero-order chi connectivity index (χ0) is 14.3. The number of carboxylic acid groups (broad SMARTS) is 4. The minimum absolute atomic E-state index is 0. The van der Waals surface area contributed by atoms with E-state index < -0.39 is 23.9 Å². The number of rotatable bonds is 0. The maximum atomic E-state index is 9.00. The summed E-state index contributed by atoms with van der Waals surface area (Å²) < 4.78 is 0. The Balaban J connectivity index is -0.0000000150. The summed E-state index contributed by atoms with van der Waals surface area (Å²) in [5.74, 6) is -3.33. The molecule has 0 atom stereocenters. The van der Waals surface area contributed by atoms with Crippen LogP contribution in [0.2, 0.25) is 0 Å². The maximum Gasteiger partial charge on any atom is 2.00 e. The summed E-state index contributed by atoms with van der Waals surface area (Å²) >= 11 is 0. The van der Waals surface area contributed by atoms with Crippen LogP contribution in [-0.2, 0) is 45.4 Å². The van der Waals surface area contributed by atoms with E-state index in [9.17, 15) is 0 Å². The van der Waals surface area contributed by atoms with Gasteiger partial charge in [-0.25, -0.2) is 0 Å². The summed E-state index contributed by atoms with van der Waals surface area (Å²) in [7, 11) is 0. The Labute approximate surface area is 143 Å². The fourth-order valence-corrected chi connectivity index (χ4v) is 0. The smallest absolute Gasteiger partial charge is 1.00 e. The van der Waals surface area contributed by atoms with Crippen LogP contribution in [0, 0.1) is 0 Å². The summed E-state index contributed by atoms with van der Waals surface area (Å²) in [6, 6.07) is 0. The van der Waals surface area contributed by atoms with Crippen LogP contribution in [0.3, 0.4) is 0 Å². The van der Waals surface area contributed by atoms with E-state index in [4.69, 9.17) is 39.6 Å². The number of aliphatic carboxylic acids is 4. The van der Waals surface area contributed by atoms with Crippen LogP contribution in [0.15, 0.2) is 0 Å². The van der Waals surface area contributed by atoms with E-state index in [0.29, 0.717) is 0 Å². The molecule has 0 aromatic rings. The molecule has 4 N–H and O–H groups in total. The molecule has 10 heteroatoms. The van der Waals surface area contributed by atoms with Gasteiger partial charge in [-0.15, -0.1) is 0 Å². The van der Waals surface area contributed by atoms with E-state index in [0.717, 1.165) is 27.7 Å². The Morgan fingerprint density at radius 2 is 0.611 bits per heavy atom. The summed E-state index contributed by atoms with van der Waals surface area (Å²) in [4.78, 5) is 36.0. The minimum Gasteiger partial charge on any atom is -1.00 e. The normalized spacial score (nSPS) is 5.56. The summed E-state index contributed by atoms with van der Waals surface area (Å²) in [6.45, 7) is 4.33. The Kier molecular flexibility index (Phi) is 60.0. The predicted octanol–water partition coefficient (Wildman–Crippen LogP) is 0.205. The first-order valence-electron chi connectivity index (χ1n) is 3.71. The first-order valence-corrected chi connectivity index (χ1v) is 3.71. The molecule has 0 aliphatic carbocycles. The molecule has 0 aliphatic rings. The largest absolute Gasteiger partial charge is 2.00 e. The number of carbonyl (C=O) groups is 4. The quantitative estimate of drug-likeness (QED) is 0.449. The number of hydrogen-bond acceptors (Lipinski definition) is 4. The molecule has 0 bridgehead atoms. The second kappa shape index (κ2) is 30.0. The van der Waals surface area contributed by atoms with Crippen LogP contribution in [0.25, 0.3) is 0 Å². The molecule has 0 spiro atoms. The van der Waals surface area contributed by atoms with Gasteiger partial charge in [0.1, 0.15) is 0 Å². The Bertz CT molecular complexity index is 177. The Hall–Kier alpha value is -0.471. The van der Waals surface area contributed by atoms with Gasteiger partial charge in [0, 0.05) is 53.9 Å². The molecular formula is C8H18MgO8Zr. The predicted molar refractivity (Wildman–Crippen MR) is 61.2 cm³/mol. The van der Waals surface area contributed by atoms with Crippen molar-refractivity contribution in [1.82, 2.24) is 0 Å². The second-order valence-electron chi connectivity index (χ2n) is 2.08. The molecule has 0 saturated carbocycles. The summed E-state index contributed by atoms with van der Waals surface area (Å²) in [6.07, 6.45) is 0. The van der Waals surface area contributed by atoms with Crippen molar-refractivity contribution < 1.29 is 68.7 Å². The molecule has 0 aliphatic heterocycles. The van der Waals surface area contributed by atoms with Crippen LogP contribution in [0.1, 0.15) is 30.5 Å². The summed E-state index contributed by atoms with van der Waals surface area (Å²) in [5, 5.41) is 29.7. The van der Waals surface area contributed by atoms with E-state index in [-0.39, 0.29) is 52.1 Å². The van der Waals surface area contributed by atoms with E-state index in [1.807, 2.05) is 0 Å². The average Bonchev–Trinajstić information content (AvgIpc) is 1.76. The molecule has 18 heavy (non-hydrogen) atoms. The van der Waals surface area contributed by atoms with E-state index in [1.54, 1.807) is 0 Å². The SMILES string of the molecule is CC(=O)O.CC(=O)O.CC(=O)O.CC(=O)O.[H-].[H-].[Mg+2].[Zr]. The molecule has 0 rings (SSSR count). The third kappa shape index (κ3) is 14800. The molecule has 0 saturated heterocycles. The van der Waals surface area contributed by atoms with Gasteiger partial charge >= 0.3 is 23.1 Å². The molecule has 0 aromatic heterocycles. The van der Waals surface area contributed by atoms with Crippen LogP contribution in [0.5, 0.6) is 0 Å². The Morgan fingerprint density at radius 1 is 0.611 bits per heavy atom. The van der Waals surface area contributed by atoms with Gasteiger partial charge in [0.25, 0.3) is 23.9 Å². The molecule has 0 radical (unpaired) electrons. The molecule has 0 fully saturated rings. The van der Waals surface area contributed by atoms with Crippen molar-refractivity contribution in [1.29, 1.82) is 0 Å². The van der Waals surface area contributed by atoms with Gasteiger partial charge in [0.05, 0.1) is 0 Å². The van der Waals surface area contributed by atoms with Crippen molar-refractivity contribution >= 4 is 46.9 Å². The van der Waals surface area contributed by atoms with Gasteiger partial charge in [-0.05, 0) is 0 Å².